The number of nitrogens with one attached hydrogen (secondary N) is 1. The number of rotatable bonds is 4. The number of amides is 1. The van der Waals surface area contributed by atoms with Gasteiger partial charge in [0, 0.05) is 18.0 Å². The molecule has 1 amide bonds. The lowest BCUT2D eigenvalue weighted by molar-refractivity contribution is -0.124. The molecule has 5 heteroatoms. The van der Waals surface area contributed by atoms with Crippen molar-refractivity contribution in [1.82, 2.24) is 10.2 Å². The number of likely N-dealkylation sites (tertiary alicyclic amines) is 1. The number of benzene rings is 1. The van der Waals surface area contributed by atoms with Crippen molar-refractivity contribution < 1.29 is 14.6 Å². The summed E-state index contributed by atoms with van der Waals surface area (Å²) in [4.78, 5) is 14.5. The maximum Gasteiger partial charge on any atom is 0.234 e. The van der Waals surface area contributed by atoms with E-state index in [9.17, 15) is 9.90 Å². The highest BCUT2D eigenvalue weighted by Gasteiger charge is 2.26. The molecule has 1 saturated heterocycles. The van der Waals surface area contributed by atoms with E-state index in [1.54, 1.807) is 0 Å². The number of nitrogens with zero attached hydrogens (tertiary/aromatic N) is 1. The van der Waals surface area contributed by atoms with Crippen LogP contribution in [0.15, 0.2) is 24.3 Å². The minimum atomic E-state index is 0.0230. The van der Waals surface area contributed by atoms with E-state index >= 15 is 0 Å². The van der Waals surface area contributed by atoms with Crippen molar-refractivity contribution in [3.05, 3.63) is 29.8 Å². The first kappa shape index (κ1) is 15.3. The van der Waals surface area contributed by atoms with Crippen LogP contribution in [0.25, 0.3) is 0 Å². The van der Waals surface area contributed by atoms with Crippen LogP contribution < -0.4 is 10.1 Å². The van der Waals surface area contributed by atoms with Gasteiger partial charge in [-0.05, 0) is 25.5 Å². The molecule has 0 bridgehead atoms. The Hall–Kier alpha value is -1.59. The number of fused-ring (bicyclic) bond motifs is 1. The van der Waals surface area contributed by atoms with Crippen molar-refractivity contribution in [3.63, 3.8) is 0 Å². The number of para-hydroxylation sites is 1. The Bertz CT molecular complexity index is 520. The van der Waals surface area contributed by atoms with Crippen LogP contribution in [0.3, 0.4) is 0 Å². The first-order chi connectivity index (χ1) is 10.8. The van der Waals surface area contributed by atoms with Gasteiger partial charge in [-0.3, -0.25) is 9.69 Å². The van der Waals surface area contributed by atoms with Crippen LogP contribution in [0.1, 0.15) is 37.3 Å². The van der Waals surface area contributed by atoms with Crippen LogP contribution >= 0.6 is 0 Å². The summed E-state index contributed by atoms with van der Waals surface area (Å²) < 4.78 is 5.62. The lowest BCUT2D eigenvalue weighted by Crippen LogP contribution is -2.47. The minimum Gasteiger partial charge on any atom is -0.493 e. The first-order valence-corrected chi connectivity index (χ1v) is 8.14. The third-order valence-corrected chi connectivity index (χ3v) is 4.60. The molecular weight excluding hydrogens is 280 g/mol. The molecule has 1 aromatic rings. The largest absolute Gasteiger partial charge is 0.493 e. The summed E-state index contributed by atoms with van der Waals surface area (Å²) in [7, 11) is 0. The summed E-state index contributed by atoms with van der Waals surface area (Å²) in [5.41, 5.74) is 1.06. The molecule has 2 aliphatic rings. The average Bonchev–Trinajstić information content (AvgIpc) is 2.55. The molecule has 2 heterocycles. The fourth-order valence-corrected chi connectivity index (χ4v) is 3.39. The summed E-state index contributed by atoms with van der Waals surface area (Å²) in [5, 5.41) is 12.6. The molecule has 3 rings (SSSR count). The molecule has 1 aromatic carbocycles. The van der Waals surface area contributed by atoms with Crippen LogP contribution in [0.5, 0.6) is 5.75 Å². The number of hydrogen-bond donors (Lipinski definition) is 2. The molecule has 0 radical (unpaired) electrons. The Morgan fingerprint density at radius 2 is 2.18 bits per heavy atom. The fourth-order valence-electron chi connectivity index (χ4n) is 3.39. The predicted molar refractivity (Wildman–Crippen MR) is 83.7 cm³/mol. The zero-order valence-electron chi connectivity index (χ0n) is 12.8. The maximum absolute atomic E-state index is 12.4. The number of carbonyl (C=O) groups is 1. The molecule has 0 spiro atoms. The van der Waals surface area contributed by atoms with Gasteiger partial charge < -0.3 is 15.2 Å². The molecule has 120 valence electrons. The van der Waals surface area contributed by atoms with Gasteiger partial charge in [-0.25, -0.2) is 0 Å². The molecular formula is C17H24N2O3. The smallest absolute Gasteiger partial charge is 0.234 e. The second kappa shape index (κ2) is 7.11. The van der Waals surface area contributed by atoms with E-state index in [0.717, 1.165) is 43.5 Å². The standard InChI is InChI=1S/C17H24N2O3/c20-12-13-5-3-4-9-19(13)11-17(21)18-15-8-10-22-16-7-2-1-6-14(15)16/h1-2,6-7,13,15,20H,3-5,8-12H2,(H,18,21). The minimum absolute atomic E-state index is 0.0230. The molecule has 5 nitrogen and oxygen atoms in total. The zero-order chi connectivity index (χ0) is 15.4. The molecule has 0 aliphatic carbocycles. The lowest BCUT2D eigenvalue weighted by atomic mass is 10.00. The van der Waals surface area contributed by atoms with Gasteiger partial charge in [0.05, 0.1) is 25.8 Å². The number of carbonyl (C=O) groups excluding carboxylic acids is 1. The summed E-state index contributed by atoms with van der Waals surface area (Å²) in [6.07, 6.45) is 4.01. The molecule has 2 aliphatic heterocycles. The van der Waals surface area contributed by atoms with Crippen molar-refractivity contribution in [3.8, 4) is 5.75 Å². The Kier molecular flexibility index (Phi) is 4.95. The van der Waals surface area contributed by atoms with Gasteiger partial charge >= 0.3 is 0 Å². The second-order valence-corrected chi connectivity index (χ2v) is 6.10. The van der Waals surface area contributed by atoms with Gasteiger partial charge in [-0.2, -0.15) is 0 Å². The number of aliphatic hydroxyl groups is 1. The van der Waals surface area contributed by atoms with Crippen LogP contribution in [0.2, 0.25) is 0 Å². The van der Waals surface area contributed by atoms with Crippen molar-refractivity contribution in [2.24, 2.45) is 0 Å². The summed E-state index contributed by atoms with van der Waals surface area (Å²) in [6.45, 7) is 2.02. The van der Waals surface area contributed by atoms with Crippen molar-refractivity contribution >= 4 is 5.91 Å². The Morgan fingerprint density at radius 1 is 1.32 bits per heavy atom. The molecule has 2 N–H and O–H groups in total. The van der Waals surface area contributed by atoms with Crippen LogP contribution in [0, 0.1) is 0 Å². The van der Waals surface area contributed by atoms with E-state index in [2.05, 4.69) is 10.2 Å². The van der Waals surface area contributed by atoms with E-state index in [1.807, 2.05) is 24.3 Å². The van der Waals surface area contributed by atoms with E-state index in [0.29, 0.717) is 13.2 Å². The van der Waals surface area contributed by atoms with Gasteiger partial charge in [-0.15, -0.1) is 0 Å². The van der Waals surface area contributed by atoms with Crippen molar-refractivity contribution in [2.45, 2.75) is 37.8 Å². The maximum atomic E-state index is 12.4. The van der Waals surface area contributed by atoms with E-state index < -0.39 is 0 Å². The van der Waals surface area contributed by atoms with Gasteiger partial charge in [-0.1, -0.05) is 24.6 Å². The summed E-state index contributed by atoms with van der Waals surface area (Å²) in [6, 6.07) is 8.02. The highest BCUT2D eigenvalue weighted by Crippen LogP contribution is 2.31. The Labute approximate surface area is 131 Å². The van der Waals surface area contributed by atoms with Gasteiger partial charge in [0.25, 0.3) is 0 Å². The summed E-state index contributed by atoms with van der Waals surface area (Å²) >= 11 is 0. The fraction of sp³-hybridized carbons (Fsp3) is 0.588. The SMILES string of the molecule is O=C(CN1CCCCC1CO)NC1CCOc2ccccc21. The quantitative estimate of drug-likeness (QED) is 0.884. The molecule has 1 fully saturated rings. The van der Waals surface area contributed by atoms with Gasteiger partial charge in [0.15, 0.2) is 0 Å². The van der Waals surface area contributed by atoms with Crippen molar-refractivity contribution in [2.75, 3.05) is 26.3 Å². The Morgan fingerprint density at radius 3 is 3.05 bits per heavy atom. The highest BCUT2D eigenvalue weighted by atomic mass is 16.5. The average molecular weight is 304 g/mol. The molecule has 2 atom stereocenters. The molecule has 0 saturated carbocycles. The number of piperidine rings is 1. The van der Waals surface area contributed by atoms with E-state index in [-0.39, 0.29) is 24.6 Å². The third kappa shape index (κ3) is 3.42. The number of hydrogen-bond acceptors (Lipinski definition) is 4. The predicted octanol–water partition coefficient (Wildman–Crippen LogP) is 1.47. The van der Waals surface area contributed by atoms with Crippen LogP contribution in [0.4, 0.5) is 0 Å². The normalized spacial score (nSPS) is 25.1. The van der Waals surface area contributed by atoms with Crippen molar-refractivity contribution in [1.29, 1.82) is 0 Å². The summed E-state index contributed by atoms with van der Waals surface area (Å²) in [5.74, 6) is 0.896. The van der Waals surface area contributed by atoms with Crippen LogP contribution in [-0.4, -0.2) is 48.3 Å². The first-order valence-electron chi connectivity index (χ1n) is 8.14. The number of ether oxygens (including phenoxy) is 1. The Balaban J connectivity index is 1.60. The topological polar surface area (TPSA) is 61.8 Å². The number of aliphatic hydroxyl groups excluding tert-OH is 1. The molecule has 0 aromatic heterocycles. The molecule has 22 heavy (non-hydrogen) atoms. The highest BCUT2D eigenvalue weighted by molar-refractivity contribution is 5.78. The van der Waals surface area contributed by atoms with Gasteiger partial charge in [0.1, 0.15) is 5.75 Å². The second-order valence-electron chi connectivity index (χ2n) is 6.10. The monoisotopic (exact) mass is 304 g/mol. The molecule has 2 unspecified atom stereocenters. The van der Waals surface area contributed by atoms with E-state index in [4.69, 9.17) is 4.74 Å². The van der Waals surface area contributed by atoms with Crippen LogP contribution in [-0.2, 0) is 4.79 Å². The third-order valence-electron chi connectivity index (χ3n) is 4.60. The van der Waals surface area contributed by atoms with E-state index in [1.165, 1.54) is 0 Å². The van der Waals surface area contributed by atoms with Gasteiger partial charge in [0.2, 0.25) is 5.91 Å². The zero-order valence-corrected chi connectivity index (χ0v) is 12.8. The lowest BCUT2D eigenvalue weighted by Gasteiger charge is -2.34.